The molecule has 0 spiro atoms. The first-order valence-corrected chi connectivity index (χ1v) is 8.56. The normalized spacial score (nSPS) is 14.7. The molecule has 5 heteroatoms. The van der Waals surface area contributed by atoms with Crippen molar-refractivity contribution >= 4 is 14.2 Å². The lowest BCUT2D eigenvalue weighted by Crippen LogP contribution is -2.46. The third-order valence-corrected chi connectivity index (χ3v) is 7.64. The third-order valence-electron chi connectivity index (χ3n) is 3.03. The Morgan fingerprint density at radius 2 is 1.94 bits per heavy atom. The van der Waals surface area contributed by atoms with Gasteiger partial charge >= 0.3 is 0 Å². The topological polar surface area (TPSA) is 58.6 Å². The molecule has 4 nitrogen and oxygen atoms in total. The molecule has 0 saturated heterocycles. The minimum Gasteiger partial charge on any atom is -0.412 e. The number of carbonyl (C=O) groups excluding carboxylic acids is 1. The van der Waals surface area contributed by atoms with E-state index in [2.05, 4.69) is 39.2 Å². The molecule has 1 amide bonds. The van der Waals surface area contributed by atoms with Crippen molar-refractivity contribution in [2.75, 3.05) is 13.2 Å². The van der Waals surface area contributed by atoms with Crippen LogP contribution in [0.2, 0.25) is 18.1 Å². The fourth-order valence-corrected chi connectivity index (χ4v) is 2.48. The molecule has 0 aliphatic heterocycles. The maximum atomic E-state index is 10.9. The number of hydrogen-bond donors (Lipinski definition) is 2. The zero-order valence-electron chi connectivity index (χ0n) is 11.3. The lowest BCUT2D eigenvalue weighted by atomic mass is 10.2. The maximum Gasteiger partial charge on any atom is 0.245 e. The van der Waals surface area contributed by atoms with Crippen molar-refractivity contribution < 1.29 is 14.3 Å². The average Bonchev–Trinajstić information content (AvgIpc) is 2.11. The summed E-state index contributed by atoms with van der Waals surface area (Å²) >= 11 is 0. The van der Waals surface area contributed by atoms with Crippen LogP contribution in [0.3, 0.4) is 0 Å². The average molecular weight is 247 g/mol. The number of rotatable bonds is 5. The fraction of sp³-hybridized carbons (Fsp3) is 0.909. The van der Waals surface area contributed by atoms with Gasteiger partial charge in [-0.2, -0.15) is 0 Å². The van der Waals surface area contributed by atoms with Gasteiger partial charge < -0.3 is 14.8 Å². The van der Waals surface area contributed by atoms with Crippen LogP contribution in [0.1, 0.15) is 27.7 Å². The van der Waals surface area contributed by atoms with E-state index in [-0.39, 0.29) is 17.0 Å². The van der Waals surface area contributed by atoms with Crippen LogP contribution in [-0.2, 0) is 9.22 Å². The van der Waals surface area contributed by atoms with E-state index in [0.29, 0.717) is 6.54 Å². The van der Waals surface area contributed by atoms with Gasteiger partial charge in [-0.05, 0) is 25.1 Å². The molecule has 0 aromatic carbocycles. The molecule has 0 heterocycles. The molecule has 0 unspecified atom stereocenters. The van der Waals surface area contributed by atoms with E-state index in [1.165, 1.54) is 0 Å². The van der Waals surface area contributed by atoms with Crippen molar-refractivity contribution in [3.63, 3.8) is 0 Å². The predicted octanol–water partition coefficient (Wildman–Crippen LogP) is 1.51. The van der Waals surface area contributed by atoms with E-state index in [9.17, 15) is 4.79 Å². The quantitative estimate of drug-likeness (QED) is 0.724. The summed E-state index contributed by atoms with van der Waals surface area (Å²) in [5, 5.41) is 11.3. The van der Waals surface area contributed by atoms with E-state index in [0.717, 1.165) is 0 Å². The standard InChI is InChI=1S/C11H25NO3Si/c1-9(7-12-10(14)8-13)15-16(5,6)11(2,3)4/h9,13H,7-8H2,1-6H3,(H,12,14)/t9-/m1/s1. The van der Waals surface area contributed by atoms with Gasteiger partial charge in [0, 0.05) is 6.54 Å². The first-order valence-electron chi connectivity index (χ1n) is 5.65. The van der Waals surface area contributed by atoms with Crippen molar-refractivity contribution in [2.45, 2.75) is 51.9 Å². The van der Waals surface area contributed by atoms with E-state index >= 15 is 0 Å². The molecule has 0 aromatic heterocycles. The van der Waals surface area contributed by atoms with Gasteiger partial charge in [0.15, 0.2) is 8.32 Å². The van der Waals surface area contributed by atoms with Crippen LogP contribution in [-0.4, -0.2) is 38.6 Å². The van der Waals surface area contributed by atoms with Gasteiger partial charge in [0.05, 0.1) is 6.10 Å². The first-order chi connectivity index (χ1) is 7.10. The Labute approximate surface area is 99.5 Å². The highest BCUT2D eigenvalue weighted by molar-refractivity contribution is 6.74. The Morgan fingerprint density at radius 1 is 1.44 bits per heavy atom. The van der Waals surface area contributed by atoms with Gasteiger partial charge in [-0.1, -0.05) is 20.8 Å². The number of amides is 1. The van der Waals surface area contributed by atoms with Crippen molar-refractivity contribution in [1.29, 1.82) is 0 Å². The highest BCUT2D eigenvalue weighted by Crippen LogP contribution is 2.37. The molecule has 0 saturated carbocycles. The number of aliphatic hydroxyl groups excluding tert-OH is 1. The van der Waals surface area contributed by atoms with Crippen LogP contribution >= 0.6 is 0 Å². The summed E-state index contributed by atoms with van der Waals surface area (Å²) in [6.45, 7) is 12.8. The zero-order chi connectivity index (χ0) is 13.0. The Morgan fingerprint density at radius 3 is 2.31 bits per heavy atom. The summed E-state index contributed by atoms with van der Waals surface area (Å²) in [5.41, 5.74) is 0. The lowest BCUT2D eigenvalue weighted by molar-refractivity contribution is -0.124. The monoisotopic (exact) mass is 247 g/mol. The molecular formula is C11H25NO3Si. The second-order valence-corrected chi connectivity index (χ2v) is 10.4. The zero-order valence-corrected chi connectivity index (χ0v) is 12.3. The van der Waals surface area contributed by atoms with Gasteiger partial charge in [0.2, 0.25) is 5.91 Å². The molecule has 0 aromatic rings. The van der Waals surface area contributed by atoms with E-state index in [1.54, 1.807) is 0 Å². The summed E-state index contributed by atoms with van der Waals surface area (Å²) in [5.74, 6) is -0.356. The van der Waals surface area contributed by atoms with E-state index in [1.807, 2.05) is 6.92 Å². The minimum atomic E-state index is -1.76. The van der Waals surface area contributed by atoms with Gasteiger partial charge in [-0.15, -0.1) is 0 Å². The highest BCUT2D eigenvalue weighted by Gasteiger charge is 2.38. The van der Waals surface area contributed by atoms with Crippen LogP contribution in [0.4, 0.5) is 0 Å². The number of carbonyl (C=O) groups is 1. The Bertz CT molecular complexity index is 236. The molecule has 1 atom stereocenters. The molecule has 0 fully saturated rings. The van der Waals surface area contributed by atoms with E-state index in [4.69, 9.17) is 9.53 Å². The summed E-state index contributed by atoms with van der Waals surface area (Å²) in [6, 6.07) is 0. The molecule has 0 aliphatic rings. The summed E-state index contributed by atoms with van der Waals surface area (Å²) < 4.78 is 6.04. The SMILES string of the molecule is C[C@H](CNC(=O)CO)O[Si](C)(C)C(C)(C)C. The van der Waals surface area contributed by atoms with Crippen molar-refractivity contribution in [2.24, 2.45) is 0 Å². The molecule has 2 N–H and O–H groups in total. The largest absolute Gasteiger partial charge is 0.412 e. The third kappa shape index (κ3) is 5.09. The second kappa shape index (κ2) is 5.79. The minimum absolute atomic E-state index is 0.0172. The van der Waals surface area contributed by atoms with Gasteiger partial charge in [0.25, 0.3) is 0 Å². The second-order valence-electron chi connectivity index (χ2n) is 5.65. The van der Waals surface area contributed by atoms with Crippen molar-refractivity contribution in [1.82, 2.24) is 5.32 Å². The van der Waals surface area contributed by atoms with Gasteiger partial charge in [0.1, 0.15) is 6.61 Å². The Hall–Kier alpha value is -0.393. The van der Waals surface area contributed by atoms with Crippen LogP contribution in [0.15, 0.2) is 0 Å². The fourth-order valence-electron chi connectivity index (χ4n) is 1.03. The first kappa shape index (κ1) is 15.6. The molecule has 0 aliphatic carbocycles. The summed E-state index contributed by atoms with van der Waals surface area (Å²) in [7, 11) is -1.76. The number of nitrogens with one attached hydrogen (secondary N) is 1. The lowest BCUT2D eigenvalue weighted by Gasteiger charge is -2.38. The van der Waals surface area contributed by atoms with Gasteiger partial charge in [-0.3, -0.25) is 4.79 Å². The molecule has 0 bridgehead atoms. The Kier molecular flexibility index (Phi) is 5.65. The van der Waals surface area contributed by atoms with Crippen LogP contribution < -0.4 is 5.32 Å². The van der Waals surface area contributed by atoms with Crippen LogP contribution in [0, 0.1) is 0 Å². The van der Waals surface area contributed by atoms with Gasteiger partial charge in [-0.25, -0.2) is 0 Å². The van der Waals surface area contributed by atoms with Crippen LogP contribution in [0.25, 0.3) is 0 Å². The highest BCUT2D eigenvalue weighted by atomic mass is 28.4. The molecule has 16 heavy (non-hydrogen) atoms. The molecule has 0 radical (unpaired) electrons. The van der Waals surface area contributed by atoms with E-state index < -0.39 is 14.9 Å². The predicted molar refractivity (Wildman–Crippen MR) is 67.8 cm³/mol. The summed E-state index contributed by atoms with van der Waals surface area (Å²) in [6.07, 6.45) is -0.0172. The van der Waals surface area contributed by atoms with Crippen LogP contribution in [0.5, 0.6) is 0 Å². The molecular weight excluding hydrogens is 222 g/mol. The molecule has 96 valence electrons. The van der Waals surface area contributed by atoms with Crippen molar-refractivity contribution in [3.8, 4) is 0 Å². The number of hydrogen-bond acceptors (Lipinski definition) is 3. The Balaban J connectivity index is 4.14. The summed E-state index contributed by atoms with van der Waals surface area (Å²) in [4.78, 5) is 10.9. The number of aliphatic hydroxyl groups is 1. The molecule has 0 rings (SSSR count). The van der Waals surface area contributed by atoms with Crippen molar-refractivity contribution in [3.05, 3.63) is 0 Å². The smallest absolute Gasteiger partial charge is 0.245 e. The maximum absolute atomic E-state index is 10.9.